The number of carbonyl (C=O) groups is 1. The molecule has 150 valence electrons. The molecule has 5 nitrogen and oxygen atoms in total. The zero-order valence-electron chi connectivity index (χ0n) is 17.0. The Kier molecular flexibility index (Phi) is 7.57. The second-order valence-corrected chi connectivity index (χ2v) is 7.52. The Balaban J connectivity index is 1.67. The lowest BCUT2D eigenvalue weighted by atomic mass is 10.0. The molecule has 5 heteroatoms. The number of hydrogen-bond donors (Lipinski definition) is 0. The molecule has 1 fully saturated rings. The first-order chi connectivity index (χ1) is 13.7. The van der Waals surface area contributed by atoms with Crippen molar-refractivity contribution in [1.82, 2.24) is 14.8 Å². The van der Waals surface area contributed by atoms with Gasteiger partial charge in [-0.05, 0) is 48.6 Å². The van der Waals surface area contributed by atoms with Crippen LogP contribution in [0.15, 0.2) is 48.8 Å². The topological polar surface area (TPSA) is 45.7 Å². The maximum Gasteiger partial charge on any atom is 0.249 e. The second-order valence-electron chi connectivity index (χ2n) is 7.52. The van der Waals surface area contributed by atoms with E-state index in [0.29, 0.717) is 6.54 Å². The van der Waals surface area contributed by atoms with Crippen molar-refractivity contribution in [2.75, 3.05) is 26.8 Å². The molecule has 0 N–H and O–H groups in total. The Morgan fingerprint density at radius 3 is 2.68 bits per heavy atom. The summed E-state index contributed by atoms with van der Waals surface area (Å²) in [6, 6.07) is 13.0. The molecular formula is C23H31N3O2. The largest absolute Gasteiger partial charge is 0.375 e. The van der Waals surface area contributed by atoms with E-state index in [1.165, 1.54) is 11.1 Å². The lowest BCUT2D eigenvalue weighted by Gasteiger charge is -2.39. The highest BCUT2D eigenvalue weighted by Crippen LogP contribution is 2.20. The van der Waals surface area contributed by atoms with Gasteiger partial charge in [0.25, 0.3) is 0 Å². The monoisotopic (exact) mass is 381 g/mol. The van der Waals surface area contributed by atoms with Crippen LogP contribution in [0.25, 0.3) is 0 Å². The minimum Gasteiger partial charge on any atom is -0.375 e. The van der Waals surface area contributed by atoms with Crippen LogP contribution in [0.2, 0.25) is 0 Å². The van der Waals surface area contributed by atoms with Crippen LogP contribution in [0.4, 0.5) is 0 Å². The van der Waals surface area contributed by atoms with Crippen LogP contribution in [0.1, 0.15) is 36.5 Å². The minimum atomic E-state index is 0.0468. The first kappa shape index (κ1) is 20.5. The van der Waals surface area contributed by atoms with Crippen LogP contribution in [-0.4, -0.2) is 53.5 Å². The summed E-state index contributed by atoms with van der Waals surface area (Å²) in [5.74, 6) is 0.0468. The number of aromatic nitrogens is 1. The SMILES string of the molecule is CCc1ccc(CN2CCCC(N(Cc3cccnc3)C(=O)COC)C2)cc1. The zero-order valence-corrected chi connectivity index (χ0v) is 17.0. The van der Waals surface area contributed by atoms with Gasteiger partial charge >= 0.3 is 0 Å². The minimum absolute atomic E-state index is 0.0468. The molecule has 1 atom stereocenters. The quantitative estimate of drug-likeness (QED) is 0.704. The van der Waals surface area contributed by atoms with E-state index in [4.69, 9.17) is 4.74 Å². The number of ether oxygens (including phenoxy) is 1. The molecule has 1 aliphatic heterocycles. The summed E-state index contributed by atoms with van der Waals surface area (Å²) in [6.45, 7) is 5.78. The van der Waals surface area contributed by atoms with Crippen LogP contribution in [0.5, 0.6) is 0 Å². The van der Waals surface area contributed by atoms with Crippen molar-refractivity contribution in [1.29, 1.82) is 0 Å². The number of pyridine rings is 1. The van der Waals surface area contributed by atoms with Crippen LogP contribution >= 0.6 is 0 Å². The number of benzene rings is 1. The molecule has 0 radical (unpaired) electrons. The fourth-order valence-electron chi connectivity index (χ4n) is 3.88. The normalized spacial score (nSPS) is 17.4. The van der Waals surface area contributed by atoms with Gasteiger partial charge in [0, 0.05) is 45.2 Å². The van der Waals surface area contributed by atoms with E-state index in [-0.39, 0.29) is 18.6 Å². The van der Waals surface area contributed by atoms with Crippen molar-refractivity contribution in [3.05, 3.63) is 65.5 Å². The van der Waals surface area contributed by atoms with Gasteiger partial charge in [0.1, 0.15) is 6.61 Å². The Hall–Kier alpha value is -2.24. The summed E-state index contributed by atoms with van der Waals surface area (Å²) in [5.41, 5.74) is 3.76. The van der Waals surface area contributed by atoms with E-state index in [0.717, 1.165) is 44.5 Å². The van der Waals surface area contributed by atoms with E-state index < -0.39 is 0 Å². The summed E-state index contributed by atoms with van der Waals surface area (Å²) in [5, 5.41) is 0. The first-order valence-corrected chi connectivity index (χ1v) is 10.2. The second kappa shape index (κ2) is 10.3. The van der Waals surface area contributed by atoms with E-state index in [9.17, 15) is 4.79 Å². The molecule has 2 aromatic rings. The number of amides is 1. The van der Waals surface area contributed by atoms with Gasteiger partial charge in [-0.2, -0.15) is 0 Å². The van der Waals surface area contributed by atoms with Crippen LogP contribution in [0.3, 0.4) is 0 Å². The number of carbonyl (C=O) groups excluding carboxylic acids is 1. The number of piperidine rings is 1. The molecule has 3 rings (SSSR count). The third kappa shape index (κ3) is 5.63. The standard InChI is InChI=1S/C23H31N3O2/c1-3-19-8-10-20(11-9-19)15-25-13-5-7-22(17-25)26(23(27)18-28-2)16-21-6-4-12-24-14-21/h4,6,8-12,14,22H,3,5,7,13,15-18H2,1-2H3. The van der Waals surface area contributed by atoms with Crippen LogP contribution < -0.4 is 0 Å². The number of rotatable bonds is 8. The van der Waals surface area contributed by atoms with Crippen molar-refractivity contribution < 1.29 is 9.53 Å². The molecule has 1 saturated heterocycles. The van der Waals surface area contributed by atoms with Crippen molar-refractivity contribution in [2.45, 2.75) is 45.3 Å². The molecule has 1 unspecified atom stereocenters. The van der Waals surface area contributed by atoms with Crippen LogP contribution in [-0.2, 0) is 29.0 Å². The molecule has 0 aliphatic carbocycles. The fourth-order valence-corrected chi connectivity index (χ4v) is 3.88. The maximum absolute atomic E-state index is 12.7. The highest BCUT2D eigenvalue weighted by molar-refractivity contribution is 5.77. The van der Waals surface area contributed by atoms with E-state index in [2.05, 4.69) is 41.1 Å². The summed E-state index contributed by atoms with van der Waals surface area (Å²) in [7, 11) is 1.58. The van der Waals surface area contributed by atoms with Gasteiger partial charge in [-0.3, -0.25) is 14.7 Å². The van der Waals surface area contributed by atoms with Crippen molar-refractivity contribution in [2.24, 2.45) is 0 Å². The first-order valence-electron chi connectivity index (χ1n) is 10.2. The Bertz CT molecular complexity index is 733. The highest BCUT2D eigenvalue weighted by atomic mass is 16.5. The van der Waals surface area contributed by atoms with Gasteiger partial charge in [0.15, 0.2) is 0 Å². The maximum atomic E-state index is 12.7. The molecule has 1 amide bonds. The molecule has 0 bridgehead atoms. The Labute approximate surface area is 168 Å². The highest BCUT2D eigenvalue weighted by Gasteiger charge is 2.28. The van der Waals surface area contributed by atoms with Crippen LogP contribution in [0, 0.1) is 0 Å². The van der Waals surface area contributed by atoms with E-state index in [1.807, 2.05) is 23.2 Å². The average molecular weight is 382 g/mol. The van der Waals surface area contributed by atoms with Gasteiger partial charge < -0.3 is 9.64 Å². The average Bonchev–Trinajstić information content (AvgIpc) is 2.73. The number of nitrogens with zero attached hydrogens (tertiary/aromatic N) is 3. The summed E-state index contributed by atoms with van der Waals surface area (Å²) in [6.07, 6.45) is 6.79. The van der Waals surface area contributed by atoms with Gasteiger partial charge in [0.05, 0.1) is 0 Å². The predicted octanol–water partition coefficient (Wildman–Crippen LogP) is 3.28. The molecule has 0 spiro atoms. The van der Waals surface area contributed by atoms with Crippen molar-refractivity contribution >= 4 is 5.91 Å². The predicted molar refractivity (Wildman–Crippen MR) is 111 cm³/mol. The third-order valence-corrected chi connectivity index (χ3v) is 5.42. The molecular weight excluding hydrogens is 350 g/mol. The summed E-state index contributed by atoms with van der Waals surface area (Å²) < 4.78 is 5.14. The smallest absolute Gasteiger partial charge is 0.249 e. The molecule has 28 heavy (non-hydrogen) atoms. The zero-order chi connectivity index (χ0) is 19.8. The Morgan fingerprint density at radius 2 is 2.00 bits per heavy atom. The summed E-state index contributed by atoms with van der Waals surface area (Å²) in [4.78, 5) is 21.4. The summed E-state index contributed by atoms with van der Waals surface area (Å²) >= 11 is 0. The third-order valence-electron chi connectivity index (χ3n) is 5.42. The lowest BCUT2D eigenvalue weighted by molar-refractivity contribution is -0.139. The molecule has 1 aromatic heterocycles. The van der Waals surface area contributed by atoms with Gasteiger partial charge in [-0.15, -0.1) is 0 Å². The van der Waals surface area contributed by atoms with E-state index in [1.54, 1.807) is 13.3 Å². The number of aryl methyl sites for hydroxylation is 1. The van der Waals surface area contributed by atoms with Crippen molar-refractivity contribution in [3.63, 3.8) is 0 Å². The Morgan fingerprint density at radius 1 is 1.21 bits per heavy atom. The number of likely N-dealkylation sites (tertiary alicyclic amines) is 1. The number of methoxy groups -OCH3 is 1. The molecule has 0 saturated carbocycles. The lowest BCUT2D eigenvalue weighted by Crippen LogP contribution is -2.50. The number of hydrogen-bond acceptors (Lipinski definition) is 4. The van der Waals surface area contributed by atoms with Gasteiger partial charge in [0.2, 0.25) is 5.91 Å². The molecule has 1 aromatic carbocycles. The van der Waals surface area contributed by atoms with Gasteiger partial charge in [-0.1, -0.05) is 37.3 Å². The molecule has 1 aliphatic rings. The molecule has 2 heterocycles. The van der Waals surface area contributed by atoms with Gasteiger partial charge in [-0.25, -0.2) is 0 Å². The van der Waals surface area contributed by atoms with E-state index >= 15 is 0 Å². The fraction of sp³-hybridized carbons (Fsp3) is 0.478. The van der Waals surface area contributed by atoms with Crippen molar-refractivity contribution in [3.8, 4) is 0 Å².